The fraction of sp³-hybridized carbons (Fsp3) is 0.469. The summed E-state index contributed by atoms with van der Waals surface area (Å²) in [7, 11) is 0. The Kier molecular flexibility index (Phi) is 7.33. The number of aryl methyl sites for hydroxylation is 1. The van der Waals surface area contributed by atoms with Crippen molar-refractivity contribution in [3.8, 4) is 0 Å². The summed E-state index contributed by atoms with van der Waals surface area (Å²) in [6, 6.07) is 8.50. The normalized spacial score (nSPS) is 18.1. The van der Waals surface area contributed by atoms with E-state index in [4.69, 9.17) is 9.72 Å². The predicted octanol–water partition coefficient (Wildman–Crippen LogP) is 6.67. The van der Waals surface area contributed by atoms with Crippen molar-refractivity contribution in [3.63, 3.8) is 0 Å². The van der Waals surface area contributed by atoms with Crippen LogP contribution in [0.25, 0.3) is 5.65 Å². The number of rotatable bonds is 7. The number of halogens is 1. The first-order chi connectivity index (χ1) is 18.8. The summed E-state index contributed by atoms with van der Waals surface area (Å²) >= 11 is 0. The highest BCUT2D eigenvalue weighted by Gasteiger charge is 2.35. The van der Waals surface area contributed by atoms with Crippen molar-refractivity contribution >= 4 is 23.1 Å². The van der Waals surface area contributed by atoms with Crippen LogP contribution in [0.15, 0.2) is 53.3 Å². The lowest BCUT2D eigenvalue weighted by molar-refractivity contribution is -0.160. The molecule has 212 valence electrons. The van der Waals surface area contributed by atoms with Gasteiger partial charge < -0.3 is 14.7 Å². The predicted molar refractivity (Wildman–Crippen MR) is 156 cm³/mol. The highest BCUT2D eigenvalue weighted by Crippen LogP contribution is 2.39. The number of hydrogen-bond acceptors (Lipinski definition) is 5. The lowest BCUT2D eigenvalue weighted by atomic mass is 9.82. The molecule has 1 aromatic carbocycles. The molecule has 8 heteroatoms. The molecular weight excluding hydrogens is 507 g/mol. The average molecular weight is 547 g/mol. The van der Waals surface area contributed by atoms with Crippen LogP contribution in [0.1, 0.15) is 82.4 Å². The van der Waals surface area contributed by atoms with Crippen molar-refractivity contribution in [2.24, 2.45) is 10.4 Å². The number of carboxylic acid groups (broad SMARTS) is 1. The number of nitrogens with zero attached hydrogens (tertiary/aromatic N) is 4. The molecule has 0 radical (unpaired) electrons. The van der Waals surface area contributed by atoms with E-state index < -0.39 is 17.7 Å². The second kappa shape index (κ2) is 10.5. The van der Waals surface area contributed by atoms with Gasteiger partial charge in [-0.3, -0.25) is 9.39 Å². The van der Waals surface area contributed by atoms with Gasteiger partial charge in [-0.25, -0.2) is 14.2 Å². The summed E-state index contributed by atoms with van der Waals surface area (Å²) in [4.78, 5) is 24.5. The molecule has 0 spiro atoms. The van der Waals surface area contributed by atoms with Gasteiger partial charge in [0.1, 0.15) is 23.0 Å². The number of aromatic nitrogens is 2. The van der Waals surface area contributed by atoms with E-state index in [1.165, 1.54) is 12.1 Å². The fourth-order valence-corrected chi connectivity index (χ4v) is 5.54. The van der Waals surface area contributed by atoms with Crippen molar-refractivity contribution in [1.29, 1.82) is 0 Å². The molecule has 2 aromatic heterocycles. The highest BCUT2D eigenvalue weighted by atomic mass is 19.1. The molecule has 0 bridgehead atoms. The van der Waals surface area contributed by atoms with E-state index in [1.807, 2.05) is 50.6 Å². The van der Waals surface area contributed by atoms with Gasteiger partial charge in [-0.15, -0.1) is 0 Å². The lowest BCUT2D eigenvalue weighted by Gasteiger charge is -2.40. The first-order valence-corrected chi connectivity index (χ1v) is 14.0. The van der Waals surface area contributed by atoms with Crippen LogP contribution < -0.4 is 4.90 Å². The molecule has 2 aliphatic heterocycles. The lowest BCUT2D eigenvalue weighted by Crippen LogP contribution is -2.40. The van der Waals surface area contributed by atoms with Crippen LogP contribution in [0.5, 0.6) is 0 Å². The van der Waals surface area contributed by atoms with E-state index in [9.17, 15) is 14.3 Å². The highest BCUT2D eigenvalue weighted by molar-refractivity contribution is 6.02. The Balaban J connectivity index is 1.53. The number of piperidine rings is 1. The number of anilines is 1. The van der Waals surface area contributed by atoms with Crippen molar-refractivity contribution in [2.45, 2.75) is 78.9 Å². The number of hydrogen-bond donors (Lipinski definition) is 1. The largest absolute Gasteiger partial charge is 0.479 e. The number of aliphatic imine (C=N–C) groups is 1. The van der Waals surface area contributed by atoms with Gasteiger partial charge in [0.05, 0.1) is 11.3 Å². The third-order valence-corrected chi connectivity index (χ3v) is 7.78. The number of aliphatic carboxylic acids is 1. The van der Waals surface area contributed by atoms with Crippen LogP contribution in [-0.2, 0) is 16.0 Å². The smallest absolute Gasteiger partial charge is 0.337 e. The maximum atomic E-state index is 13.3. The summed E-state index contributed by atoms with van der Waals surface area (Å²) in [5.41, 5.74) is 5.66. The SMILES string of the molecule is Cc1cc2nc(C3=NC=C(Cc4ccc(F)cc4)C3)cn2c(N2CCC(C)(C)CC2)c1[C@H](OC(C)(C)C)C(=O)O. The second-order valence-electron chi connectivity index (χ2n) is 12.9. The Morgan fingerprint density at radius 2 is 1.85 bits per heavy atom. The molecule has 5 rings (SSSR count). The number of benzene rings is 1. The number of pyridine rings is 1. The molecule has 0 aliphatic carbocycles. The zero-order valence-corrected chi connectivity index (χ0v) is 24.3. The zero-order valence-electron chi connectivity index (χ0n) is 24.3. The Bertz CT molecular complexity index is 1490. The van der Waals surface area contributed by atoms with Crippen molar-refractivity contribution < 1.29 is 19.0 Å². The standard InChI is InChI=1S/C32H39FN4O3/c1-20-15-26-35-25(24-17-22(18-34-24)16-21-7-9-23(33)10-8-21)19-37(26)29(36-13-11-32(5,6)12-14-36)27(20)28(30(38)39)40-31(2,3)4/h7-10,15,18-19,28H,11-14,16-17H2,1-6H3,(H,38,39)/t28-/m0/s1. The van der Waals surface area contributed by atoms with Gasteiger partial charge in [0.15, 0.2) is 6.10 Å². The van der Waals surface area contributed by atoms with Gasteiger partial charge in [0, 0.05) is 37.5 Å². The molecule has 1 atom stereocenters. The van der Waals surface area contributed by atoms with E-state index in [2.05, 4.69) is 23.7 Å². The minimum atomic E-state index is -1.12. The van der Waals surface area contributed by atoms with Crippen LogP contribution in [0, 0.1) is 18.2 Å². The van der Waals surface area contributed by atoms with Gasteiger partial charge in [-0.1, -0.05) is 26.0 Å². The third-order valence-electron chi connectivity index (χ3n) is 7.78. The first kappa shape index (κ1) is 28.0. The molecule has 0 amide bonds. The Morgan fingerprint density at radius 1 is 1.18 bits per heavy atom. The van der Waals surface area contributed by atoms with Crippen LogP contribution in [0.3, 0.4) is 0 Å². The van der Waals surface area contributed by atoms with E-state index >= 15 is 0 Å². The Hall–Kier alpha value is -3.52. The number of carbonyl (C=O) groups is 1. The number of imidazole rings is 1. The molecule has 3 aromatic rings. The van der Waals surface area contributed by atoms with Crippen LogP contribution in [0.2, 0.25) is 0 Å². The van der Waals surface area contributed by atoms with Gasteiger partial charge in [0.25, 0.3) is 0 Å². The molecule has 40 heavy (non-hydrogen) atoms. The summed E-state index contributed by atoms with van der Waals surface area (Å²) in [6.07, 6.45) is 6.11. The van der Waals surface area contributed by atoms with E-state index in [0.717, 1.165) is 65.5 Å². The quantitative estimate of drug-likeness (QED) is 0.358. The minimum absolute atomic E-state index is 0.235. The minimum Gasteiger partial charge on any atom is -0.479 e. The summed E-state index contributed by atoms with van der Waals surface area (Å²) in [5.74, 6) is -0.420. The van der Waals surface area contributed by atoms with E-state index in [-0.39, 0.29) is 11.2 Å². The van der Waals surface area contributed by atoms with E-state index in [1.54, 1.807) is 12.1 Å². The number of ether oxygens (including phenoxy) is 1. The molecule has 4 heterocycles. The molecular formula is C32H39FN4O3. The maximum Gasteiger partial charge on any atom is 0.337 e. The Labute approximate surface area is 235 Å². The van der Waals surface area contributed by atoms with Crippen molar-refractivity contribution in [3.05, 3.63) is 76.5 Å². The van der Waals surface area contributed by atoms with Gasteiger partial charge in [-0.2, -0.15) is 0 Å². The third kappa shape index (κ3) is 5.97. The molecule has 1 saturated heterocycles. The fourth-order valence-electron chi connectivity index (χ4n) is 5.54. The number of allylic oxidation sites excluding steroid dienone is 1. The topological polar surface area (TPSA) is 79.4 Å². The molecule has 1 fully saturated rings. The van der Waals surface area contributed by atoms with Crippen molar-refractivity contribution in [2.75, 3.05) is 18.0 Å². The van der Waals surface area contributed by atoms with Gasteiger partial charge in [-0.05, 0) is 87.3 Å². The van der Waals surface area contributed by atoms with Crippen molar-refractivity contribution in [1.82, 2.24) is 9.38 Å². The summed E-state index contributed by atoms with van der Waals surface area (Å²) < 4.78 is 21.5. The Morgan fingerprint density at radius 3 is 2.48 bits per heavy atom. The monoisotopic (exact) mass is 546 g/mol. The van der Waals surface area contributed by atoms with Crippen LogP contribution in [0.4, 0.5) is 10.2 Å². The molecule has 2 aliphatic rings. The van der Waals surface area contributed by atoms with Crippen LogP contribution in [-0.4, -0.2) is 44.9 Å². The molecule has 1 N–H and O–H groups in total. The van der Waals surface area contributed by atoms with Gasteiger partial charge in [0.2, 0.25) is 0 Å². The zero-order chi connectivity index (χ0) is 28.8. The summed E-state index contributed by atoms with van der Waals surface area (Å²) in [6.45, 7) is 13.8. The second-order valence-corrected chi connectivity index (χ2v) is 12.9. The molecule has 0 saturated carbocycles. The number of carboxylic acids is 1. The van der Waals surface area contributed by atoms with Crippen LogP contribution >= 0.6 is 0 Å². The molecule has 0 unspecified atom stereocenters. The van der Waals surface area contributed by atoms with Gasteiger partial charge >= 0.3 is 5.97 Å². The maximum absolute atomic E-state index is 13.3. The first-order valence-electron chi connectivity index (χ1n) is 14.0. The van der Waals surface area contributed by atoms with E-state index in [0.29, 0.717) is 18.4 Å². The average Bonchev–Trinajstić information content (AvgIpc) is 3.50. The molecule has 7 nitrogen and oxygen atoms in total. The number of fused-ring (bicyclic) bond motifs is 1. The summed E-state index contributed by atoms with van der Waals surface area (Å²) in [5, 5.41) is 10.3.